The van der Waals surface area contributed by atoms with Crippen LogP contribution in [0.4, 0.5) is 0 Å². The van der Waals surface area contributed by atoms with Gasteiger partial charge in [-0.3, -0.25) is 9.69 Å². The molecule has 6 heteroatoms. The number of amides is 1. The summed E-state index contributed by atoms with van der Waals surface area (Å²) in [5.41, 5.74) is -1.30. The molecule has 146 valence electrons. The van der Waals surface area contributed by atoms with Crippen molar-refractivity contribution in [3.05, 3.63) is 35.9 Å². The van der Waals surface area contributed by atoms with Crippen LogP contribution in [-0.2, 0) is 30.4 Å². The third-order valence-corrected chi connectivity index (χ3v) is 6.20. The number of carbonyl (C=O) groups is 2. The van der Waals surface area contributed by atoms with Gasteiger partial charge in [0.25, 0.3) is 0 Å². The molecule has 1 amide bonds. The molecule has 5 atom stereocenters. The first-order valence-corrected chi connectivity index (χ1v) is 9.47. The lowest BCUT2D eigenvalue weighted by Gasteiger charge is -2.40. The molecule has 4 rings (SSSR count). The van der Waals surface area contributed by atoms with Crippen LogP contribution < -0.4 is 0 Å². The highest BCUT2D eigenvalue weighted by atomic mass is 16.7. The first kappa shape index (κ1) is 18.6. The minimum absolute atomic E-state index is 0.0761. The van der Waals surface area contributed by atoms with E-state index in [-0.39, 0.29) is 17.9 Å². The maximum atomic E-state index is 13.3. The molecule has 0 spiro atoms. The van der Waals surface area contributed by atoms with Crippen molar-refractivity contribution < 1.29 is 23.8 Å². The van der Waals surface area contributed by atoms with E-state index in [0.717, 1.165) is 11.8 Å². The highest BCUT2D eigenvalue weighted by Crippen LogP contribution is 2.56. The van der Waals surface area contributed by atoms with E-state index in [2.05, 4.69) is 0 Å². The molecule has 1 aromatic carbocycles. The summed E-state index contributed by atoms with van der Waals surface area (Å²) in [6, 6.07) is 9.82. The van der Waals surface area contributed by atoms with Crippen molar-refractivity contribution in [3.8, 4) is 0 Å². The molecule has 0 aromatic heterocycles. The van der Waals surface area contributed by atoms with Crippen LogP contribution in [0.15, 0.2) is 30.3 Å². The Kier molecular flexibility index (Phi) is 4.22. The van der Waals surface area contributed by atoms with Gasteiger partial charge in [-0.15, -0.1) is 0 Å². The van der Waals surface area contributed by atoms with Gasteiger partial charge in [0.2, 0.25) is 5.91 Å². The molecule has 3 heterocycles. The zero-order valence-electron chi connectivity index (χ0n) is 16.3. The molecule has 0 saturated carbocycles. The van der Waals surface area contributed by atoms with Gasteiger partial charge in [-0.05, 0) is 12.5 Å². The molecule has 3 aliphatic rings. The normalized spacial score (nSPS) is 38.1. The third-order valence-electron chi connectivity index (χ3n) is 6.20. The zero-order valence-corrected chi connectivity index (χ0v) is 16.3. The Hall–Kier alpha value is -1.76. The Morgan fingerprint density at radius 1 is 1.30 bits per heavy atom. The Balaban J connectivity index is 1.57. The monoisotopic (exact) mass is 373 g/mol. The van der Waals surface area contributed by atoms with Crippen molar-refractivity contribution in [2.24, 2.45) is 11.3 Å². The molecule has 3 aliphatic heterocycles. The minimum atomic E-state index is -1.10. The van der Waals surface area contributed by atoms with Gasteiger partial charge in [-0.25, -0.2) is 0 Å². The largest absolute Gasteiger partial charge is 0.355 e. The summed E-state index contributed by atoms with van der Waals surface area (Å²) >= 11 is 0. The molecular weight excluding hydrogens is 346 g/mol. The Morgan fingerprint density at radius 2 is 2.00 bits per heavy atom. The summed E-state index contributed by atoms with van der Waals surface area (Å²) in [5, 5.41) is 0. The fraction of sp³-hybridized carbons (Fsp3) is 0.619. The van der Waals surface area contributed by atoms with Crippen LogP contribution in [-0.4, -0.2) is 47.4 Å². The number of hydrogen-bond acceptors (Lipinski definition) is 5. The van der Waals surface area contributed by atoms with E-state index >= 15 is 0 Å². The molecule has 3 saturated heterocycles. The number of fused-ring (bicyclic) bond motifs is 3. The zero-order chi connectivity index (χ0) is 19.4. The fourth-order valence-corrected chi connectivity index (χ4v) is 4.69. The summed E-state index contributed by atoms with van der Waals surface area (Å²) < 4.78 is 18.1. The SMILES string of the molecule is CC(C)(C)[C@@H]1OC[C@]2(C=O)N1C(=O)[C@@H]1CC(OCc3ccccc3)O[C@@]12C. The highest BCUT2D eigenvalue weighted by molar-refractivity contribution is 5.92. The van der Waals surface area contributed by atoms with E-state index in [1.165, 1.54) is 0 Å². The number of rotatable bonds is 4. The first-order valence-electron chi connectivity index (χ1n) is 9.47. The van der Waals surface area contributed by atoms with Crippen molar-refractivity contribution in [1.29, 1.82) is 0 Å². The third kappa shape index (κ3) is 2.57. The van der Waals surface area contributed by atoms with Gasteiger partial charge in [0, 0.05) is 11.8 Å². The van der Waals surface area contributed by atoms with Crippen LogP contribution in [0.3, 0.4) is 0 Å². The molecule has 1 aromatic rings. The second-order valence-corrected chi connectivity index (χ2v) is 9.02. The molecule has 3 fully saturated rings. The first-order chi connectivity index (χ1) is 12.7. The van der Waals surface area contributed by atoms with Crippen LogP contribution >= 0.6 is 0 Å². The van der Waals surface area contributed by atoms with Crippen molar-refractivity contribution >= 4 is 12.2 Å². The van der Waals surface area contributed by atoms with Crippen LogP contribution in [0.1, 0.15) is 39.7 Å². The van der Waals surface area contributed by atoms with Gasteiger partial charge < -0.3 is 19.0 Å². The van der Waals surface area contributed by atoms with E-state index in [1.54, 1.807) is 4.90 Å². The number of carbonyl (C=O) groups excluding carboxylic acids is 2. The summed E-state index contributed by atoms with van der Waals surface area (Å²) in [4.78, 5) is 27.2. The van der Waals surface area contributed by atoms with E-state index in [0.29, 0.717) is 13.0 Å². The van der Waals surface area contributed by atoms with Gasteiger partial charge >= 0.3 is 0 Å². The quantitative estimate of drug-likeness (QED) is 0.759. The van der Waals surface area contributed by atoms with Crippen molar-refractivity contribution in [1.82, 2.24) is 4.90 Å². The lowest BCUT2D eigenvalue weighted by molar-refractivity contribution is -0.195. The van der Waals surface area contributed by atoms with Crippen LogP contribution in [0.5, 0.6) is 0 Å². The average Bonchev–Trinajstić information content (AvgIpc) is 3.23. The van der Waals surface area contributed by atoms with E-state index < -0.39 is 29.6 Å². The van der Waals surface area contributed by atoms with Crippen molar-refractivity contribution in [3.63, 3.8) is 0 Å². The number of benzene rings is 1. The van der Waals surface area contributed by atoms with E-state index in [4.69, 9.17) is 14.2 Å². The highest BCUT2D eigenvalue weighted by Gasteiger charge is 2.75. The lowest BCUT2D eigenvalue weighted by Crippen LogP contribution is -2.60. The van der Waals surface area contributed by atoms with Gasteiger partial charge in [-0.2, -0.15) is 0 Å². The van der Waals surface area contributed by atoms with Gasteiger partial charge in [-0.1, -0.05) is 51.1 Å². The molecule has 0 radical (unpaired) electrons. The van der Waals surface area contributed by atoms with Gasteiger partial charge in [0.1, 0.15) is 11.8 Å². The van der Waals surface area contributed by atoms with Crippen molar-refractivity contribution in [2.75, 3.05) is 6.61 Å². The molecule has 27 heavy (non-hydrogen) atoms. The molecule has 0 N–H and O–H groups in total. The van der Waals surface area contributed by atoms with Gasteiger partial charge in [0.05, 0.1) is 19.1 Å². The molecular formula is C21H27NO5. The smallest absolute Gasteiger partial charge is 0.231 e. The van der Waals surface area contributed by atoms with Gasteiger partial charge in [0.15, 0.2) is 18.1 Å². The number of aldehydes is 1. The second kappa shape index (κ2) is 6.12. The Morgan fingerprint density at radius 3 is 2.63 bits per heavy atom. The predicted octanol–water partition coefficient (Wildman–Crippen LogP) is 2.51. The molecule has 0 bridgehead atoms. The lowest BCUT2D eigenvalue weighted by atomic mass is 9.78. The Bertz CT molecular complexity index is 745. The second-order valence-electron chi connectivity index (χ2n) is 9.02. The van der Waals surface area contributed by atoms with Crippen LogP contribution in [0.2, 0.25) is 0 Å². The molecule has 6 nitrogen and oxygen atoms in total. The van der Waals surface area contributed by atoms with Crippen LogP contribution in [0.25, 0.3) is 0 Å². The standard InChI is InChI=1S/C21H27NO5/c1-19(2,3)18-22-17(24)15-10-16(25-11-14-8-6-5-7-9-14)27-20(15,4)21(22,12-23)13-26-18/h5-9,12,15-16,18H,10-11,13H2,1-4H3/t15-,16?,18-,20-,21-/m0/s1. The van der Waals surface area contributed by atoms with E-state index in [1.807, 2.05) is 58.0 Å². The van der Waals surface area contributed by atoms with Crippen LogP contribution in [0, 0.1) is 11.3 Å². The van der Waals surface area contributed by atoms with E-state index in [9.17, 15) is 9.59 Å². The summed E-state index contributed by atoms with van der Waals surface area (Å²) in [7, 11) is 0. The predicted molar refractivity (Wildman–Crippen MR) is 97.5 cm³/mol. The number of nitrogens with zero attached hydrogens (tertiary/aromatic N) is 1. The topological polar surface area (TPSA) is 65.1 Å². The van der Waals surface area contributed by atoms with Crippen molar-refractivity contribution in [2.45, 2.75) is 64.4 Å². The number of ether oxygens (including phenoxy) is 3. The minimum Gasteiger partial charge on any atom is -0.355 e. The maximum absolute atomic E-state index is 13.3. The molecule has 1 unspecified atom stereocenters. The fourth-order valence-electron chi connectivity index (χ4n) is 4.69. The summed E-state index contributed by atoms with van der Waals surface area (Å²) in [5.74, 6) is -0.481. The molecule has 0 aliphatic carbocycles. The maximum Gasteiger partial charge on any atom is 0.231 e. The average molecular weight is 373 g/mol. The summed E-state index contributed by atoms with van der Waals surface area (Å²) in [6.45, 7) is 8.44. The Labute approximate surface area is 159 Å². The summed E-state index contributed by atoms with van der Waals surface area (Å²) in [6.07, 6.45) is 0.336. The number of hydrogen-bond donors (Lipinski definition) is 0.